The summed E-state index contributed by atoms with van der Waals surface area (Å²) in [6.07, 6.45) is 3.73. The summed E-state index contributed by atoms with van der Waals surface area (Å²) in [5.74, 6) is 4.08. The van der Waals surface area contributed by atoms with E-state index < -0.39 is 0 Å². The van der Waals surface area contributed by atoms with E-state index >= 15 is 0 Å². The van der Waals surface area contributed by atoms with Gasteiger partial charge in [0.25, 0.3) is 0 Å². The second-order valence-electron chi connectivity index (χ2n) is 2.89. The van der Waals surface area contributed by atoms with Crippen LogP contribution in [0.3, 0.4) is 0 Å². The fourth-order valence-electron chi connectivity index (χ4n) is 1.36. The molecule has 1 aromatic rings. The molecule has 0 unspecified atom stereocenters. The Morgan fingerprint density at radius 2 is 2.33 bits per heavy atom. The Morgan fingerprint density at radius 3 is 3.00 bits per heavy atom. The quantitative estimate of drug-likeness (QED) is 0.612. The van der Waals surface area contributed by atoms with Gasteiger partial charge in [-0.1, -0.05) is 0 Å². The van der Waals surface area contributed by atoms with Crippen molar-refractivity contribution in [2.45, 2.75) is 26.2 Å². The molecule has 0 saturated heterocycles. The van der Waals surface area contributed by atoms with Crippen LogP contribution in [-0.4, -0.2) is 13.2 Å². The van der Waals surface area contributed by atoms with Gasteiger partial charge in [-0.25, -0.2) is 0 Å². The Labute approximate surface area is 74.0 Å². The van der Waals surface area contributed by atoms with E-state index in [1.807, 2.05) is 18.9 Å². The SMILES string of the molecule is CCCc1cbccc1CC=O. The molecule has 2 heteroatoms. The van der Waals surface area contributed by atoms with Crippen molar-refractivity contribution < 1.29 is 4.79 Å². The summed E-state index contributed by atoms with van der Waals surface area (Å²) in [4.78, 5) is 10.3. The Morgan fingerprint density at radius 1 is 1.50 bits per heavy atom. The standard InChI is InChI=1S/C10H13BO/c1-2-3-10-8-11-6-4-9(10)5-7-12/h4,6-8H,2-3,5H2,1H3. The summed E-state index contributed by atoms with van der Waals surface area (Å²) in [5.41, 5.74) is 2.49. The number of hydrogen-bond donors (Lipinski definition) is 0. The van der Waals surface area contributed by atoms with Gasteiger partial charge in [-0.05, 0) is 0 Å². The van der Waals surface area contributed by atoms with Crippen LogP contribution >= 0.6 is 0 Å². The van der Waals surface area contributed by atoms with Crippen molar-refractivity contribution in [1.82, 2.24) is 0 Å². The predicted octanol–water partition coefficient (Wildman–Crippen LogP) is 1.72. The average molecular weight is 160 g/mol. The van der Waals surface area contributed by atoms with Crippen molar-refractivity contribution in [2.24, 2.45) is 0 Å². The molecule has 0 N–H and O–H groups in total. The van der Waals surface area contributed by atoms with Crippen LogP contribution < -0.4 is 0 Å². The van der Waals surface area contributed by atoms with Gasteiger partial charge in [0.2, 0.25) is 0 Å². The van der Waals surface area contributed by atoms with Gasteiger partial charge in [0.15, 0.2) is 0 Å². The average Bonchev–Trinajstić information content (AvgIpc) is 2.09. The number of aryl methyl sites for hydroxylation is 1. The van der Waals surface area contributed by atoms with Crippen LogP contribution in [0.5, 0.6) is 0 Å². The van der Waals surface area contributed by atoms with Crippen LogP contribution in [-0.2, 0) is 17.6 Å². The molecule has 0 fully saturated rings. The van der Waals surface area contributed by atoms with Gasteiger partial charge < -0.3 is 0 Å². The third-order valence-electron chi connectivity index (χ3n) is 1.94. The number of rotatable bonds is 4. The molecule has 12 heavy (non-hydrogen) atoms. The van der Waals surface area contributed by atoms with Crippen LogP contribution in [0.15, 0.2) is 18.0 Å². The summed E-state index contributed by atoms with van der Waals surface area (Å²) in [6.45, 7) is 4.18. The minimum absolute atomic E-state index is 0.552. The Hall–Kier alpha value is -0.915. The van der Waals surface area contributed by atoms with E-state index in [0.717, 1.165) is 19.1 Å². The maximum atomic E-state index is 10.3. The summed E-state index contributed by atoms with van der Waals surface area (Å²) < 4.78 is 0. The molecule has 62 valence electrons. The van der Waals surface area contributed by atoms with E-state index in [-0.39, 0.29) is 0 Å². The molecular weight excluding hydrogens is 147 g/mol. The van der Waals surface area contributed by atoms with Crippen molar-refractivity contribution in [3.05, 3.63) is 29.1 Å². The van der Waals surface area contributed by atoms with Crippen LogP contribution in [0.2, 0.25) is 0 Å². The summed E-state index contributed by atoms with van der Waals surface area (Å²) >= 11 is 0. The zero-order valence-electron chi connectivity index (χ0n) is 7.42. The van der Waals surface area contributed by atoms with E-state index in [4.69, 9.17) is 0 Å². The summed E-state index contributed by atoms with van der Waals surface area (Å²) in [6, 6.07) is 2.03. The van der Waals surface area contributed by atoms with Gasteiger partial charge in [0.05, 0.1) is 0 Å². The molecule has 0 aliphatic carbocycles. The fourth-order valence-corrected chi connectivity index (χ4v) is 1.36. The number of carbonyl (C=O) groups excluding carboxylic acids is 1. The molecule has 0 spiro atoms. The Kier molecular flexibility index (Phi) is 3.72. The van der Waals surface area contributed by atoms with Gasteiger partial charge in [-0.2, -0.15) is 0 Å². The Balaban J connectivity index is 2.83. The van der Waals surface area contributed by atoms with Gasteiger partial charge in [-0.15, -0.1) is 0 Å². The van der Waals surface area contributed by atoms with E-state index in [2.05, 4.69) is 12.9 Å². The Bertz CT molecular complexity index is 258. The molecular formula is C10H13BO. The van der Waals surface area contributed by atoms with Crippen molar-refractivity contribution >= 4 is 13.2 Å². The van der Waals surface area contributed by atoms with Gasteiger partial charge >= 0.3 is 73.3 Å². The zero-order valence-corrected chi connectivity index (χ0v) is 7.42. The molecule has 1 rings (SSSR count). The predicted molar refractivity (Wildman–Crippen MR) is 51.6 cm³/mol. The number of aldehydes is 1. The second-order valence-corrected chi connectivity index (χ2v) is 2.89. The van der Waals surface area contributed by atoms with Crippen molar-refractivity contribution in [2.75, 3.05) is 0 Å². The van der Waals surface area contributed by atoms with E-state index in [9.17, 15) is 4.79 Å². The molecule has 0 atom stereocenters. The first-order chi connectivity index (χ1) is 5.88. The second kappa shape index (κ2) is 4.86. The monoisotopic (exact) mass is 160 g/mol. The molecule has 0 aromatic carbocycles. The van der Waals surface area contributed by atoms with Crippen molar-refractivity contribution in [3.8, 4) is 0 Å². The van der Waals surface area contributed by atoms with E-state index in [0.29, 0.717) is 6.42 Å². The van der Waals surface area contributed by atoms with Gasteiger partial charge in [0.1, 0.15) is 0 Å². The molecule has 0 saturated carbocycles. The van der Waals surface area contributed by atoms with Gasteiger partial charge in [-0.3, -0.25) is 0 Å². The van der Waals surface area contributed by atoms with Crippen LogP contribution in [0.4, 0.5) is 0 Å². The molecule has 0 amide bonds. The normalized spacial score (nSPS) is 9.42. The fraction of sp³-hybridized carbons (Fsp3) is 0.400. The molecule has 1 heterocycles. The molecule has 0 radical (unpaired) electrons. The van der Waals surface area contributed by atoms with Gasteiger partial charge in [0, 0.05) is 0 Å². The summed E-state index contributed by atoms with van der Waals surface area (Å²) in [5, 5.41) is 0. The first-order valence-corrected chi connectivity index (χ1v) is 4.39. The zero-order chi connectivity index (χ0) is 8.81. The van der Waals surface area contributed by atoms with Crippen LogP contribution in [0.25, 0.3) is 0 Å². The maximum absolute atomic E-state index is 10.3. The molecule has 1 aromatic heterocycles. The topological polar surface area (TPSA) is 17.1 Å². The minimum atomic E-state index is 0.552. The third-order valence-corrected chi connectivity index (χ3v) is 1.94. The van der Waals surface area contributed by atoms with Crippen LogP contribution in [0, 0.1) is 0 Å². The summed E-state index contributed by atoms with van der Waals surface area (Å²) in [7, 11) is 0. The molecule has 0 bridgehead atoms. The third kappa shape index (κ3) is 2.30. The van der Waals surface area contributed by atoms with Crippen molar-refractivity contribution in [1.29, 1.82) is 0 Å². The molecule has 1 nitrogen and oxygen atoms in total. The molecule has 0 aliphatic heterocycles. The van der Waals surface area contributed by atoms with Crippen molar-refractivity contribution in [3.63, 3.8) is 0 Å². The number of hydrogen-bond acceptors (Lipinski definition) is 1. The first-order valence-electron chi connectivity index (χ1n) is 4.39. The molecule has 0 aliphatic rings. The van der Waals surface area contributed by atoms with Crippen LogP contribution in [0.1, 0.15) is 24.5 Å². The first kappa shape index (κ1) is 9.18. The van der Waals surface area contributed by atoms with E-state index in [1.165, 1.54) is 11.1 Å². The van der Waals surface area contributed by atoms with E-state index in [1.54, 1.807) is 0 Å². The number of carbonyl (C=O) groups is 1.